The van der Waals surface area contributed by atoms with E-state index in [2.05, 4.69) is 67.7 Å². The smallest absolute Gasteiger partial charge is 0.198 e. The maximum atomic E-state index is 5.16. The first-order valence-corrected chi connectivity index (χ1v) is 8.45. The van der Waals surface area contributed by atoms with Gasteiger partial charge in [-0.1, -0.05) is 61.1 Å². The van der Waals surface area contributed by atoms with E-state index < -0.39 is 8.07 Å². The van der Waals surface area contributed by atoms with Crippen LogP contribution >= 0.6 is 0 Å². The van der Waals surface area contributed by atoms with Crippen molar-refractivity contribution in [3.8, 4) is 0 Å². The minimum Gasteiger partial charge on any atom is -0.198 e. The van der Waals surface area contributed by atoms with Crippen molar-refractivity contribution in [2.24, 2.45) is 0 Å². The van der Waals surface area contributed by atoms with Crippen molar-refractivity contribution in [2.75, 3.05) is 0 Å². The Bertz CT molecular complexity index is 289. The zero-order chi connectivity index (χ0) is 13.7. The summed E-state index contributed by atoms with van der Waals surface area (Å²) in [6.45, 7) is 22.7. The van der Waals surface area contributed by atoms with E-state index in [9.17, 15) is 0 Å². The largest absolute Gasteiger partial charge is 0.227 e. The minimum absolute atomic E-state index is 0.0191. The monoisotopic (exact) mass is 256 g/mol. The molecule has 0 radical (unpaired) electrons. The molecule has 1 aliphatic rings. The van der Waals surface area contributed by atoms with Crippen molar-refractivity contribution >= 4 is 8.07 Å². The summed E-state index contributed by atoms with van der Waals surface area (Å²) in [5.74, 6) is 0. The van der Waals surface area contributed by atoms with Gasteiger partial charge in [-0.25, -0.2) is 0 Å². The summed E-state index contributed by atoms with van der Waals surface area (Å²) in [5.41, 5.74) is 2.25. The summed E-state index contributed by atoms with van der Waals surface area (Å²) in [7, 11) is -1.89. The summed E-state index contributed by atoms with van der Waals surface area (Å²) >= 11 is 0. The fourth-order valence-corrected chi connectivity index (χ4v) is 12.7. The molecule has 0 aromatic rings. The van der Waals surface area contributed by atoms with E-state index in [1.165, 1.54) is 0 Å². The van der Waals surface area contributed by atoms with Crippen LogP contribution in [0.3, 0.4) is 0 Å². The van der Waals surface area contributed by atoms with Gasteiger partial charge < -0.3 is 0 Å². The molecule has 0 amide bonds. The van der Waals surface area contributed by atoms with Crippen LogP contribution in [0.2, 0.25) is 15.1 Å². The van der Waals surface area contributed by atoms with Gasteiger partial charge in [-0.2, -0.15) is 9.78 Å². The highest BCUT2D eigenvalue weighted by Crippen LogP contribution is 2.65. The van der Waals surface area contributed by atoms with Crippen molar-refractivity contribution < 1.29 is 9.78 Å². The maximum Gasteiger partial charge on any atom is 0.227 e. The van der Waals surface area contributed by atoms with Crippen LogP contribution in [-0.4, -0.2) is 14.4 Å². The van der Waals surface area contributed by atoms with E-state index in [0.29, 0.717) is 0 Å². The van der Waals surface area contributed by atoms with Gasteiger partial charge in [-0.15, -0.1) is 6.58 Å². The summed E-state index contributed by atoms with van der Waals surface area (Å²) in [5, 5.41) is 0.447. The number of hydrogen-bond acceptors (Lipinski definition) is 2. The van der Waals surface area contributed by atoms with Crippen LogP contribution in [0.15, 0.2) is 12.3 Å². The second-order valence-electron chi connectivity index (χ2n) is 7.76. The molecule has 0 bridgehead atoms. The van der Waals surface area contributed by atoms with Gasteiger partial charge in [-0.3, -0.25) is 0 Å². The van der Waals surface area contributed by atoms with E-state index in [1.807, 2.05) is 0 Å². The van der Waals surface area contributed by atoms with E-state index in [4.69, 9.17) is 9.78 Å². The fourth-order valence-electron chi connectivity index (χ4n) is 4.39. The predicted molar refractivity (Wildman–Crippen MR) is 75.4 cm³/mol. The van der Waals surface area contributed by atoms with Gasteiger partial charge in [0.15, 0.2) is 0 Å². The molecule has 1 rings (SSSR count). The average Bonchev–Trinajstić information content (AvgIpc) is 2.79. The van der Waals surface area contributed by atoms with Gasteiger partial charge >= 0.3 is 0 Å². The summed E-state index contributed by atoms with van der Waals surface area (Å²) in [4.78, 5) is 10.3. The van der Waals surface area contributed by atoms with Crippen molar-refractivity contribution in [1.29, 1.82) is 0 Å². The fraction of sp³-hybridized carbons (Fsp3) is 0.857. The zero-order valence-corrected chi connectivity index (χ0v) is 13.7. The van der Waals surface area contributed by atoms with Gasteiger partial charge in [-0.05, 0) is 10.1 Å². The Morgan fingerprint density at radius 1 is 0.882 bits per heavy atom. The third-order valence-corrected chi connectivity index (χ3v) is 12.1. The molecule has 1 aliphatic heterocycles. The molecular weight excluding hydrogens is 228 g/mol. The Morgan fingerprint density at radius 2 is 1.24 bits per heavy atom. The highest BCUT2D eigenvalue weighted by Gasteiger charge is 2.65. The molecular formula is C14H28O2Si. The van der Waals surface area contributed by atoms with Gasteiger partial charge in [0.25, 0.3) is 0 Å². The molecule has 0 atom stereocenters. The first kappa shape index (κ1) is 14.9. The molecule has 0 aliphatic carbocycles. The van der Waals surface area contributed by atoms with Crippen molar-refractivity contribution in [1.82, 2.24) is 0 Å². The SMILES string of the molecule is C=C[Si](C(C)(C)C)(C(C)(C)C)C(C)(C)C1OO1. The lowest BCUT2D eigenvalue weighted by molar-refractivity contribution is 0.0850. The molecule has 100 valence electrons. The molecule has 3 heteroatoms. The molecule has 1 heterocycles. The third kappa shape index (κ3) is 2.02. The van der Waals surface area contributed by atoms with Crippen molar-refractivity contribution in [3.63, 3.8) is 0 Å². The highest BCUT2D eigenvalue weighted by atomic mass is 28.3. The second-order valence-corrected chi connectivity index (χ2v) is 14.1. The van der Waals surface area contributed by atoms with E-state index in [-0.39, 0.29) is 21.4 Å². The number of hydrogen-bond donors (Lipinski definition) is 0. The lowest BCUT2D eigenvalue weighted by atomic mass is 10.2. The van der Waals surface area contributed by atoms with Crippen LogP contribution in [0, 0.1) is 0 Å². The van der Waals surface area contributed by atoms with E-state index in [1.54, 1.807) is 0 Å². The molecule has 1 saturated heterocycles. The topological polar surface area (TPSA) is 25.1 Å². The Hall–Kier alpha value is -0.123. The van der Waals surface area contributed by atoms with Gasteiger partial charge in [0, 0.05) is 5.04 Å². The molecule has 0 spiro atoms. The van der Waals surface area contributed by atoms with Gasteiger partial charge in [0.05, 0.1) is 8.07 Å². The van der Waals surface area contributed by atoms with Crippen LogP contribution in [0.1, 0.15) is 55.4 Å². The average molecular weight is 256 g/mol. The summed E-state index contributed by atoms with van der Waals surface area (Å²) in [6.07, 6.45) is -0.0642. The highest BCUT2D eigenvalue weighted by molar-refractivity contribution is 6.92. The third-order valence-electron chi connectivity index (χ3n) is 4.47. The maximum absolute atomic E-state index is 5.16. The summed E-state index contributed by atoms with van der Waals surface area (Å²) < 4.78 is 0. The normalized spacial score (nSPS) is 19.3. The van der Waals surface area contributed by atoms with Crippen LogP contribution in [0.5, 0.6) is 0 Å². The molecule has 1 fully saturated rings. The zero-order valence-electron chi connectivity index (χ0n) is 12.7. The predicted octanol–water partition coefficient (Wildman–Crippen LogP) is 4.83. The Balaban J connectivity index is 3.41. The molecule has 2 nitrogen and oxygen atoms in total. The van der Waals surface area contributed by atoms with E-state index in [0.717, 1.165) is 0 Å². The molecule has 0 aromatic carbocycles. The quantitative estimate of drug-likeness (QED) is 0.410. The van der Waals surface area contributed by atoms with Gasteiger partial charge in [0.2, 0.25) is 6.29 Å². The Morgan fingerprint density at radius 3 is 1.41 bits per heavy atom. The molecule has 0 N–H and O–H groups in total. The standard InChI is InChI=1S/C14H28O2Si/c1-10-17(12(2,3)4,13(5,6)7)14(8,9)11-15-16-11/h10-11H,1H2,2-9H3. The molecule has 0 saturated carbocycles. The van der Waals surface area contributed by atoms with Crippen LogP contribution in [0.25, 0.3) is 0 Å². The minimum atomic E-state index is -1.89. The van der Waals surface area contributed by atoms with Crippen LogP contribution in [0.4, 0.5) is 0 Å². The molecule has 0 aromatic heterocycles. The number of rotatable bonds is 3. The molecule has 0 unspecified atom stereocenters. The lowest BCUT2D eigenvalue weighted by Crippen LogP contribution is -2.59. The first-order chi connectivity index (χ1) is 7.42. The van der Waals surface area contributed by atoms with Gasteiger partial charge in [0.1, 0.15) is 0 Å². The first-order valence-electron chi connectivity index (χ1n) is 6.37. The lowest BCUT2D eigenvalue weighted by Gasteiger charge is -2.57. The molecule has 17 heavy (non-hydrogen) atoms. The van der Waals surface area contributed by atoms with Crippen LogP contribution < -0.4 is 0 Å². The van der Waals surface area contributed by atoms with E-state index >= 15 is 0 Å². The Kier molecular flexibility index (Phi) is 3.46. The van der Waals surface area contributed by atoms with Crippen molar-refractivity contribution in [2.45, 2.75) is 76.8 Å². The van der Waals surface area contributed by atoms with Crippen molar-refractivity contribution in [3.05, 3.63) is 12.3 Å². The van der Waals surface area contributed by atoms with Crippen LogP contribution in [-0.2, 0) is 9.78 Å². The Labute approximate surface area is 107 Å². The second kappa shape index (κ2) is 3.94. The summed E-state index contributed by atoms with van der Waals surface area (Å²) in [6, 6.07) is 0.